The molecule has 1 aromatic rings. The van der Waals surface area contributed by atoms with Gasteiger partial charge in [-0.15, -0.1) is 0 Å². The quantitative estimate of drug-likeness (QED) is 0.807. The van der Waals surface area contributed by atoms with Crippen LogP contribution in [-0.4, -0.2) is 48.3 Å². The molecule has 1 saturated heterocycles. The minimum atomic E-state index is -0.410. The molecule has 0 aromatic carbocycles. The van der Waals surface area contributed by atoms with Crippen LogP contribution in [-0.2, 0) is 9.59 Å². The van der Waals surface area contributed by atoms with E-state index in [-0.39, 0.29) is 36.4 Å². The molecular formula is C14H19N3O4. The Bertz CT molecular complexity index is 512. The number of hydrogen-bond donors (Lipinski definition) is 2. The first-order valence-corrected chi connectivity index (χ1v) is 7.02. The SMILES string of the molecule is CCC1C(=O)NCCN1C(=O)CCNC(=O)c1ccco1. The van der Waals surface area contributed by atoms with Crippen molar-refractivity contribution in [3.05, 3.63) is 24.2 Å². The minimum Gasteiger partial charge on any atom is -0.459 e. The number of furan rings is 1. The average molecular weight is 293 g/mol. The summed E-state index contributed by atoms with van der Waals surface area (Å²) in [5.41, 5.74) is 0. The Morgan fingerprint density at radius 2 is 2.33 bits per heavy atom. The Kier molecular flexibility index (Phi) is 4.97. The third-order valence-corrected chi connectivity index (χ3v) is 3.41. The van der Waals surface area contributed by atoms with Crippen LogP contribution < -0.4 is 10.6 Å². The maximum Gasteiger partial charge on any atom is 0.286 e. The molecular weight excluding hydrogens is 274 g/mol. The van der Waals surface area contributed by atoms with Crippen LogP contribution in [0.15, 0.2) is 22.8 Å². The van der Waals surface area contributed by atoms with E-state index in [1.807, 2.05) is 6.92 Å². The molecule has 1 aliphatic heterocycles. The van der Waals surface area contributed by atoms with Gasteiger partial charge >= 0.3 is 0 Å². The number of nitrogens with one attached hydrogen (secondary N) is 2. The Morgan fingerprint density at radius 1 is 1.52 bits per heavy atom. The van der Waals surface area contributed by atoms with Crippen LogP contribution in [0.5, 0.6) is 0 Å². The van der Waals surface area contributed by atoms with Gasteiger partial charge in [0, 0.05) is 26.1 Å². The lowest BCUT2D eigenvalue weighted by molar-refractivity contribution is -0.143. The summed E-state index contributed by atoms with van der Waals surface area (Å²) in [7, 11) is 0. The number of hydrogen-bond acceptors (Lipinski definition) is 4. The van der Waals surface area contributed by atoms with Crippen LogP contribution >= 0.6 is 0 Å². The Labute approximate surface area is 122 Å². The van der Waals surface area contributed by atoms with Crippen molar-refractivity contribution >= 4 is 17.7 Å². The molecule has 1 aromatic heterocycles. The summed E-state index contributed by atoms with van der Waals surface area (Å²) in [4.78, 5) is 37.1. The molecule has 114 valence electrons. The zero-order chi connectivity index (χ0) is 15.2. The first-order chi connectivity index (χ1) is 10.1. The molecule has 21 heavy (non-hydrogen) atoms. The van der Waals surface area contributed by atoms with Crippen LogP contribution in [0.2, 0.25) is 0 Å². The molecule has 7 nitrogen and oxygen atoms in total. The fourth-order valence-electron chi connectivity index (χ4n) is 2.34. The number of amides is 3. The zero-order valence-electron chi connectivity index (χ0n) is 11.9. The van der Waals surface area contributed by atoms with E-state index < -0.39 is 6.04 Å². The molecule has 0 bridgehead atoms. The summed E-state index contributed by atoms with van der Waals surface area (Å²) in [5.74, 6) is -0.379. The van der Waals surface area contributed by atoms with E-state index in [2.05, 4.69) is 10.6 Å². The number of carbonyl (C=O) groups excluding carboxylic acids is 3. The molecule has 0 saturated carbocycles. The van der Waals surface area contributed by atoms with Gasteiger partial charge in [-0.2, -0.15) is 0 Å². The van der Waals surface area contributed by atoms with Crippen molar-refractivity contribution in [1.29, 1.82) is 0 Å². The molecule has 0 spiro atoms. The molecule has 1 aliphatic rings. The van der Waals surface area contributed by atoms with Crippen LogP contribution in [0, 0.1) is 0 Å². The number of rotatable bonds is 5. The van der Waals surface area contributed by atoms with Gasteiger partial charge in [0.05, 0.1) is 6.26 Å². The second-order valence-electron chi connectivity index (χ2n) is 4.79. The first kappa shape index (κ1) is 15.1. The summed E-state index contributed by atoms with van der Waals surface area (Å²) in [5, 5.41) is 5.36. The fraction of sp³-hybridized carbons (Fsp3) is 0.500. The molecule has 3 amide bonds. The van der Waals surface area contributed by atoms with E-state index in [4.69, 9.17) is 4.42 Å². The summed E-state index contributed by atoms with van der Waals surface area (Å²) in [6.07, 6.45) is 2.16. The largest absolute Gasteiger partial charge is 0.459 e. The number of nitrogens with zero attached hydrogens (tertiary/aromatic N) is 1. The highest BCUT2D eigenvalue weighted by Gasteiger charge is 2.31. The molecule has 0 aliphatic carbocycles. The molecule has 1 fully saturated rings. The highest BCUT2D eigenvalue weighted by atomic mass is 16.3. The van der Waals surface area contributed by atoms with E-state index in [9.17, 15) is 14.4 Å². The van der Waals surface area contributed by atoms with Gasteiger partial charge in [0.25, 0.3) is 5.91 Å². The van der Waals surface area contributed by atoms with E-state index in [1.54, 1.807) is 17.0 Å². The molecule has 2 N–H and O–H groups in total. The molecule has 2 rings (SSSR count). The van der Waals surface area contributed by atoms with Gasteiger partial charge in [-0.05, 0) is 18.6 Å². The molecule has 0 radical (unpaired) electrons. The predicted molar refractivity (Wildman–Crippen MR) is 74.5 cm³/mol. The number of piperazine rings is 1. The van der Waals surface area contributed by atoms with Gasteiger partial charge < -0.3 is 20.0 Å². The van der Waals surface area contributed by atoms with Crippen LogP contribution in [0.3, 0.4) is 0 Å². The van der Waals surface area contributed by atoms with Crippen LogP contribution in [0.4, 0.5) is 0 Å². The van der Waals surface area contributed by atoms with Crippen molar-refractivity contribution in [2.45, 2.75) is 25.8 Å². The van der Waals surface area contributed by atoms with Crippen molar-refractivity contribution in [2.24, 2.45) is 0 Å². The Hall–Kier alpha value is -2.31. The highest BCUT2D eigenvalue weighted by molar-refractivity contribution is 5.92. The van der Waals surface area contributed by atoms with Crippen LogP contribution in [0.1, 0.15) is 30.3 Å². The van der Waals surface area contributed by atoms with E-state index in [0.29, 0.717) is 19.5 Å². The second kappa shape index (κ2) is 6.92. The second-order valence-corrected chi connectivity index (χ2v) is 4.79. The van der Waals surface area contributed by atoms with Crippen LogP contribution in [0.25, 0.3) is 0 Å². The summed E-state index contributed by atoms with van der Waals surface area (Å²) < 4.78 is 4.96. The standard InChI is InChI=1S/C14H19N3O4/c1-2-10-13(19)16-7-8-17(10)12(18)5-6-15-14(20)11-4-3-9-21-11/h3-4,9-10H,2,5-8H2,1H3,(H,15,20)(H,16,19). The average Bonchev–Trinajstić information content (AvgIpc) is 3.01. The molecule has 1 atom stereocenters. The molecule has 7 heteroatoms. The smallest absolute Gasteiger partial charge is 0.286 e. The summed E-state index contributed by atoms with van der Waals surface area (Å²) >= 11 is 0. The van der Waals surface area contributed by atoms with E-state index >= 15 is 0 Å². The van der Waals surface area contributed by atoms with Gasteiger partial charge in [0.2, 0.25) is 11.8 Å². The minimum absolute atomic E-state index is 0.114. The third-order valence-electron chi connectivity index (χ3n) is 3.41. The van der Waals surface area contributed by atoms with Gasteiger partial charge in [-0.3, -0.25) is 14.4 Å². The van der Waals surface area contributed by atoms with Crippen molar-refractivity contribution in [3.63, 3.8) is 0 Å². The van der Waals surface area contributed by atoms with Crippen molar-refractivity contribution < 1.29 is 18.8 Å². The lowest BCUT2D eigenvalue weighted by Gasteiger charge is -2.34. The van der Waals surface area contributed by atoms with Crippen molar-refractivity contribution in [1.82, 2.24) is 15.5 Å². The highest BCUT2D eigenvalue weighted by Crippen LogP contribution is 2.10. The normalized spacial score (nSPS) is 18.2. The molecule has 1 unspecified atom stereocenters. The molecule has 2 heterocycles. The van der Waals surface area contributed by atoms with Gasteiger partial charge in [-0.1, -0.05) is 6.92 Å². The van der Waals surface area contributed by atoms with E-state index in [0.717, 1.165) is 0 Å². The summed E-state index contributed by atoms with van der Waals surface area (Å²) in [6, 6.07) is 2.77. The third kappa shape index (κ3) is 3.62. The maximum absolute atomic E-state index is 12.2. The summed E-state index contributed by atoms with van der Waals surface area (Å²) in [6.45, 7) is 3.07. The predicted octanol–water partition coefficient (Wildman–Crippen LogP) is 0.137. The Balaban J connectivity index is 1.81. The van der Waals surface area contributed by atoms with Gasteiger partial charge in [0.15, 0.2) is 5.76 Å². The van der Waals surface area contributed by atoms with Gasteiger partial charge in [-0.25, -0.2) is 0 Å². The lowest BCUT2D eigenvalue weighted by atomic mass is 10.1. The first-order valence-electron chi connectivity index (χ1n) is 7.02. The monoisotopic (exact) mass is 293 g/mol. The topological polar surface area (TPSA) is 91.7 Å². The number of carbonyl (C=O) groups is 3. The van der Waals surface area contributed by atoms with Gasteiger partial charge in [0.1, 0.15) is 6.04 Å². The van der Waals surface area contributed by atoms with E-state index in [1.165, 1.54) is 6.26 Å². The van der Waals surface area contributed by atoms with Crippen molar-refractivity contribution in [3.8, 4) is 0 Å². The zero-order valence-corrected chi connectivity index (χ0v) is 11.9. The maximum atomic E-state index is 12.2. The van der Waals surface area contributed by atoms with Crippen molar-refractivity contribution in [2.75, 3.05) is 19.6 Å². The lowest BCUT2D eigenvalue weighted by Crippen LogP contribution is -2.57. The fourth-order valence-corrected chi connectivity index (χ4v) is 2.34. The Morgan fingerprint density at radius 3 is 3.00 bits per heavy atom.